The fourth-order valence-electron chi connectivity index (χ4n) is 3.95. The number of carbonyl (C=O) groups excluding carboxylic acids is 2. The maximum atomic E-state index is 13.4. The largest absolute Gasteiger partial charge is 0.355 e. The number of aryl methyl sites for hydroxylation is 1. The number of nitrogens with one attached hydrogen (secondary N) is 1. The number of sulfonamides is 1. The molecular formula is C26H35Cl2N3O4S. The summed E-state index contributed by atoms with van der Waals surface area (Å²) in [4.78, 5) is 27.7. The summed E-state index contributed by atoms with van der Waals surface area (Å²) in [6.07, 6.45) is 2.78. The highest BCUT2D eigenvalue weighted by atomic mass is 35.5. The second kappa shape index (κ2) is 13.9. The normalized spacial score (nSPS) is 12.2. The molecule has 36 heavy (non-hydrogen) atoms. The maximum absolute atomic E-state index is 13.4. The molecule has 2 aromatic carbocycles. The Balaban J connectivity index is 2.22. The van der Waals surface area contributed by atoms with E-state index in [4.69, 9.17) is 23.2 Å². The van der Waals surface area contributed by atoms with Crippen LogP contribution in [0.3, 0.4) is 0 Å². The van der Waals surface area contributed by atoms with E-state index in [0.717, 1.165) is 18.2 Å². The van der Waals surface area contributed by atoms with Crippen LogP contribution in [0.2, 0.25) is 10.0 Å². The lowest BCUT2D eigenvalue weighted by atomic mass is 10.1. The Morgan fingerprint density at radius 3 is 2.22 bits per heavy atom. The van der Waals surface area contributed by atoms with Gasteiger partial charge in [0.05, 0.1) is 11.9 Å². The number of hydrogen-bond donors (Lipinski definition) is 1. The number of benzene rings is 2. The number of anilines is 1. The topological polar surface area (TPSA) is 86.8 Å². The van der Waals surface area contributed by atoms with Crippen LogP contribution in [-0.4, -0.2) is 50.5 Å². The molecule has 0 radical (unpaired) electrons. The lowest BCUT2D eigenvalue weighted by molar-refractivity contribution is -0.141. The van der Waals surface area contributed by atoms with E-state index in [1.807, 2.05) is 32.9 Å². The van der Waals surface area contributed by atoms with Gasteiger partial charge in [-0.05, 0) is 61.6 Å². The maximum Gasteiger partial charge on any atom is 0.242 e. The molecule has 1 N–H and O–H groups in total. The summed E-state index contributed by atoms with van der Waals surface area (Å²) in [6.45, 7) is 6.42. The van der Waals surface area contributed by atoms with Crippen LogP contribution in [0.15, 0.2) is 42.5 Å². The summed E-state index contributed by atoms with van der Waals surface area (Å²) < 4.78 is 26.2. The van der Waals surface area contributed by atoms with Crippen LogP contribution < -0.4 is 9.62 Å². The van der Waals surface area contributed by atoms with Gasteiger partial charge in [-0.1, -0.05) is 55.2 Å². The quantitative estimate of drug-likeness (QED) is 0.374. The molecule has 0 saturated heterocycles. The smallest absolute Gasteiger partial charge is 0.242 e. The van der Waals surface area contributed by atoms with E-state index < -0.39 is 16.1 Å². The molecule has 0 spiro atoms. The van der Waals surface area contributed by atoms with Crippen LogP contribution >= 0.6 is 23.2 Å². The van der Waals surface area contributed by atoms with Crippen molar-refractivity contribution in [2.24, 2.45) is 0 Å². The Bertz CT molecular complexity index is 1140. The Kier molecular flexibility index (Phi) is 11.5. The average molecular weight is 557 g/mol. The van der Waals surface area contributed by atoms with Crippen LogP contribution in [0.5, 0.6) is 0 Å². The van der Waals surface area contributed by atoms with Crippen molar-refractivity contribution in [1.29, 1.82) is 0 Å². The van der Waals surface area contributed by atoms with Gasteiger partial charge in [0.15, 0.2) is 0 Å². The molecule has 0 heterocycles. The third-order valence-corrected chi connectivity index (χ3v) is 7.66. The molecule has 0 saturated carbocycles. The molecule has 198 valence electrons. The highest BCUT2D eigenvalue weighted by Gasteiger charge is 2.29. The van der Waals surface area contributed by atoms with Gasteiger partial charge in [-0.15, -0.1) is 0 Å². The molecule has 0 fully saturated rings. The zero-order valence-corrected chi connectivity index (χ0v) is 23.6. The number of hydrogen-bond acceptors (Lipinski definition) is 4. The molecule has 0 bridgehead atoms. The van der Waals surface area contributed by atoms with Crippen molar-refractivity contribution in [2.75, 3.05) is 23.7 Å². The number of halogens is 2. The van der Waals surface area contributed by atoms with Gasteiger partial charge in [-0.3, -0.25) is 13.9 Å². The molecule has 0 aliphatic rings. The van der Waals surface area contributed by atoms with E-state index in [2.05, 4.69) is 5.32 Å². The Morgan fingerprint density at radius 1 is 1.03 bits per heavy atom. The Hall–Kier alpha value is -2.29. The summed E-state index contributed by atoms with van der Waals surface area (Å²) in [5.74, 6) is -0.499. The summed E-state index contributed by atoms with van der Waals surface area (Å²) in [5, 5.41) is 3.68. The molecular weight excluding hydrogens is 521 g/mol. The van der Waals surface area contributed by atoms with Gasteiger partial charge in [-0.25, -0.2) is 8.42 Å². The molecule has 0 aromatic heterocycles. The van der Waals surface area contributed by atoms with Gasteiger partial charge in [0.1, 0.15) is 6.04 Å². The fourth-order valence-corrected chi connectivity index (χ4v) is 5.38. The van der Waals surface area contributed by atoms with Crippen LogP contribution in [0.25, 0.3) is 0 Å². The minimum atomic E-state index is -3.54. The van der Waals surface area contributed by atoms with Gasteiger partial charge in [-0.2, -0.15) is 0 Å². The van der Waals surface area contributed by atoms with Crippen LogP contribution in [0.4, 0.5) is 5.69 Å². The van der Waals surface area contributed by atoms with Crippen LogP contribution in [0.1, 0.15) is 51.2 Å². The van der Waals surface area contributed by atoms with Gasteiger partial charge >= 0.3 is 0 Å². The third kappa shape index (κ3) is 8.39. The van der Waals surface area contributed by atoms with Crippen molar-refractivity contribution in [3.05, 3.63) is 63.6 Å². The van der Waals surface area contributed by atoms with Crippen molar-refractivity contribution in [3.63, 3.8) is 0 Å². The SMILES string of the molecule is CCNC(=O)[C@H](CC)N(Cc1ccc(Cl)cc1Cl)C(=O)CCCN(c1ccc(CC)cc1)S(C)(=O)=O. The molecule has 10 heteroatoms. The summed E-state index contributed by atoms with van der Waals surface area (Å²) in [5.41, 5.74) is 2.33. The number of nitrogens with zero attached hydrogens (tertiary/aromatic N) is 2. The molecule has 7 nitrogen and oxygen atoms in total. The lowest BCUT2D eigenvalue weighted by Crippen LogP contribution is -2.49. The van der Waals surface area contributed by atoms with E-state index >= 15 is 0 Å². The molecule has 0 unspecified atom stereocenters. The molecule has 2 aromatic rings. The van der Waals surface area contributed by atoms with Crippen molar-refractivity contribution in [2.45, 2.75) is 59.0 Å². The molecule has 1 atom stereocenters. The van der Waals surface area contributed by atoms with Crippen molar-refractivity contribution in [3.8, 4) is 0 Å². The highest BCUT2D eigenvalue weighted by Crippen LogP contribution is 2.25. The average Bonchev–Trinajstić information content (AvgIpc) is 2.82. The minimum Gasteiger partial charge on any atom is -0.355 e. The zero-order valence-electron chi connectivity index (χ0n) is 21.3. The first kappa shape index (κ1) is 29.9. The molecule has 0 aliphatic carbocycles. The first-order valence-corrected chi connectivity index (χ1v) is 14.7. The number of carbonyl (C=O) groups is 2. The van der Waals surface area contributed by atoms with Gasteiger partial charge in [0, 0.05) is 36.1 Å². The first-order valence-electron chi connectivity index (χ1n) is 12.1. The molecule has 2 rings (SSSR count). The number of likely N-dealkylation sites (N-methyl/N-ethyl adjacent to an activating group) is 1. The minimum absolute atomic E-state index is 0.0696. The highest BCUT2D eigenvalue weighted by molar-refractivity contribution is 7.92. The Morgan fingerprint density at radius 2 is 1.69 bits per heavy atom. The number of amides is 2. The van der Waals surface area contributed by atoms with Gasteiger partial charge < -0.3 is 10.2 Å². The number of rotatable bonds is 13. The fraction of sp³-hybridized carbons (Fsp3) is 0.462. The van der Waals surface area contributed by atoms with E-state index in [-0.39, 0.29) is 37.7 Å². The summed E-state index contributed by atoms with van der Waals surface area (Å²) in [6, 6.07) is 11.7. The third-order valence-electron chi connectivity index (χ3n) is 5.88. The standard InChI is InChI=1S/C26H35Cl2N3O4S/c1-5-19-10-14-22(15-11-19)31(36(4,34)35)16-8-9-25(32)30(24(6-2)26(33)29-7-3)18-20-12-13-21(27)17-23(20)28/h10-15,17,24H,5-9,16,18H2,1-4H3,(H,29,33)/t24-/m0/s1. The van der Waals surface area contributed by atoms with Crippen molar-refractivity contribution < 1.29 is 18.0 Å². The predicted octanol–water partition coefficient (Wildman–Crippen LogP) is 5.05. The van der Waals surface area contributed by atoms with Crippen molar-refractivity contribution >= 4 is 50.7 Å². The Labute approximate surface area is 224 Å². The van der Waals surface area contributed by atoms with E-state index in [1.54, 1.807) is 30.3 Å². The van der Waals surface area contributed by atoms with Crippen LogP contribution in [-0.2, 0) is 32.6 Å². The van der Waals surface area contributed by atoms with Gasteiger partial charge in [0.2, 0.25) is 21.8 Å². The lowest BCUT2D eigenvalue weighted by Gasteiger charge is -2.31. The molecule has 0 aliphatic heterocycles. The monoisotopic (exact) mass is 555 g/mol. The van der Waals surface area contributed by atoms with E-state index in [1.165, 1.54) is 9.21 Å². The zero-order chi connectivity index (χ0) is 26.9. The first-order chi connectivity index (χ1) is 17.0. The predicted molar refractivity (Wildman–Crippen MR) is 147 cm³/mol. The summed E-state index contributed by atoms with van der Waals surface area (Å²) >= 11 is 12.4. The second-order valence-electron chi connectivity index (χ2n) is 8.53. The van der Waals surface area contributed by atoms with Crippen molar-refractivity contribution in [1.82, 2.24) is 10.2 Å². The van der Waals surface area contributed by atoms with E-state index in [9.17, 15) is 18.0 Å². The van der Waals surface area contributed by atoms with Crippen LogP contribution in [0, 0.1) is 0 Å². The van der Waals surface area contributed by atoms with E-state index in [0.29, 0.717) is 34.3 Å². The second-order valence-corrected chi connectivity index (χ2v) is 11.3. The summed E-state index contributed by atoms with van der Waals surface area (Å²) in [7, 11) is -3.54. The molecule has 2 amide bonds. The van der Waals surface area contributed by atoms with Gasteiger partial charge in [0.25, 0.3) is 0 Å².